The summed E-state index contributed by atoms with van der Waals surface area (Å²) in [6, 6.07) is 0. The van der Waals surface area contributed by atoms with E-state index in [2.05, 4.69) is 6.92 Å². The molecule has 0 radical (unpaired) electrons. The van der Waals surface area contributed by atoms with Crippen LogP contribution in [-0.2, 0) is 4.79 Å². The van der Waals surface area contributed by atoms with Crippen LogP contribution in [0, 0.1) is 17.8 Å². The van der Waals surface area contributed by atoms with E-state index in [0.717, 1.165) is 12.3 Å². The van der Waals surface area contributed by atoms with Crippen LogP contribution in [0.25, 0.3) is 0 Å². The minimum Gasteiger partial charge on any atom is -0.481 e. The predicted molar refractivity (Wildman–Crippen MR) is 51.3 cm³/mol. The molecule has 0 spiro atoms. The molecule has 13 heavy (non-hydrogen) atoms. The van der Waals surface area contributed by atoms with Gasteiger partial charge in [-0.05, 0) is 43.6 Å². The van der Waals surface area contributed by atoms with Gasteiger partial charge in [-0.15, -0.1) is 0 Å². The Kier molecular flexibility index (Phi) is 3.72. The van der Waals surface area contributed by atoms with Gasteiger partial charge < -0.3 is 10.8 Å². The number of carboxylic acid groups (broad SMARTS) is 1. The molecule has 76 valence electrons. The highest BCUT2D eigenvalue weighted by molar-refractivity contribution is 5.67. The van der Waals surface area contributed by atoms with E-state index in [-0.39, 0.29) is 12.3 Å². The molecule has 0 saturated heterocycles. The van der Waals surface area contributed by atoms with Gasteiger partial charge in [-0.3, -0.25) is 4.79 Å². The van der Waals surface area contributed by atoms with E-state index in [1.165, 1.54) is 12.8 Å². The first kappa shape index (κ1) is 10.5. The van der Waals surface area contributed by atoms with Crippen LogP contribution in [-0.4, -0.2) is 17.6 Å². The second kappa shape index (κ2) is 4.61. The zero-order chi connectivity index (χ0) is 9.84. The van der Waals surface area contributed by atoms with Crippen LogP contribution in [0.15, 0.2) is 0 Å². The van der Waals surface area contributed by atoms with E-state index in [1.807, 2.05) is 0 Å². The highest BCUT2D eigenvalue weighted by Crippen LogP contribution is 2.39. The van der Waals surface area contributed by atoms with Crippen LogP contribution in [0.2, 0.25) is 0 Å². The van der Waals surface area contributed by atoms with Crippen molar-refractivity contribution in [2.24, 2.45) is 23.5 Å². The Balaban J connectivity index is 2.24. The zero-order valence-corrected chi connectivity index (χ0v) is 8.20. The van der Waals surface area contributed by atoms with Gasteiger partial charge in [0.25, 0.3) is 0 Å². The molecular formula is C10H19NO2. The zero-order valence-electron chi connectivity index (χ0n) is 8.20. The number of carbonyl (C=O) groups is 1. The van der Waals surface area contributed by atoms with E-state index in [0.29, 0.717) is 12.5 Å². The molecule has 2 unspecified atom stereocenters. The quantitative estimate of drug-likeness (QED) is 0.658. The molecule has 0 aromatic heterocycles. The van der Waals surface area contributed by atoms with Gasteiger partial charge in [0.1, 0.15) is 0 Å². The third-order valence-corrected chi connectivity index (χ3v) is 2.93. The van der Waals surface area contributed by atoms with Gasteiger partial charge in [-0.2, -0.15) is 0 Å². The molecule has 0 heterocycles. The highest BCUT2D eigenvalue weighted by atomic mass is 16.4. The first-order valence-corrected chi connectivity index (χ1v) is 5.05. The third kappa shape index (κ3) is 3.77. The molecular weight excluding hydrogens is 166 g/mol. The van der Waals surface area contributed by atoms with Gasteiger partial charge in [-0.25, -0.2) is 0 Å². The van der Waals surface area contributed by atoms with Crippen molar-refractivity contribution in [3.63, 3.8) is 0 Å². The maximum absolute atomic E-state index is 10.5. The molecule has 1 saturated carbocycles. The molecule has 0 bridgehead atoms. The lowest BCUT2D eigenvalue weighted by molar-refractivity contribution is -0.138. The van der Waals surface area contributed by atoms with Crippen molar-refractivity contribution in [2.75, 3.05) is 6.54 Å². The van der Waals surface area contributed by atoms with Crippen LogP contribution in [0.3, 0.4) is 0 Å². The van der Waals surface area contributed by atoms with Crippen molar-refractivity contribution >= 4 is 5.97 Å². The molecule has 1 rings (SSSR count). The van der Waals surface area contributed by atoms with Gasteiger partial charge in [0.2, 0.25) is 0 Å². The van der Waals surface area contributed by atoms with Crippen LogP contribution in [0.4, 0.5) is 0 Å². The minimum absolute atomic E-state index is 0.174. The van der Waals surface area contributed by atoms with Gasteiger partial charge in [0.05, 0.1) is 0 Å². The lowest BCUT2D eigenvalue weighted by atomic mass is 9.90. The van der Waals surface area contributed by atoms with Crippen LogP contribution in [0.5, 0.6) is 0 Å². The molecule has 3 heteroatoms. The average Bonchev–Trinajstić information content (AvgIpc) is 2.84. The van der Waals surface area contributed by atoms with Gasteiger partial charge in [-0.1, -0.05) is 6.92 Å². The molecule has 3 nitrogen and oxygen atoms in total. The van der Waals surface area contributed by atoms with Crippen molar-refractivity contribution in [1.82, 2.24) is 0 Å². The maximum atomic E-state index is 10.5. The fourth-order valence-electron chi connectivity index (χ4n) is 1.89. The van der Waals surface area contributed by atoms with Crippen LogP contribution < -0.4 is 5.73 Å². The first-order chi connectivity index (χ1) is 6.13. The summed E-state index contributed by atoms with van der Waals surface area (Å²) in [5.41, 5.74) is 5.53. The number of carboxylic acids is 1. The number of hydrogen-bond donors (Lipinski definition) is 2. The van der Waals surface area contributed by atoms with Crippen molar-refractivity contribution in [3.8, 4) is 0 Å². The second-order valence-corrected chi connectivity index (χ2v) is 4.25. The normalized spacial score (nSPS) is 21.1. The fraction of sp³-hybridized carbons (Fsp3) is 0.900. The molecule has 0 aromatic rings. The van der Waals surface area contributed by atoms with E-state index >= 15 is 0 Å². The first-order valence-electron chi connectivity index (χ1n) is 5.05. The van der Waals surface area contributed by atoms with Crippen molar-refractivity contribution in [1.29, 1.82) is 0 Å². The molecule has 0 amide bonds. The molecule has 1 aliphatic rings. The summed E-state index contributed by atoms with van der Waals surface area (Å²) in [5.74, 6) is 0.960. The standard InChI is InChI=1S/C10H19NO2/c1-7(9-2-3-9)4-8(6-11)5-10(12)13/h7-9H,2-6,11H2,1H3,(H,12,13). The topological polar surface area (TPSA) is 63.3 Å². The Bertz CT molecular complexity index is 178. The van der Waals surface area contributed by atoms with E-state index in [4.69, 9.17) is 10.8 Å². The summed E-state index contributed by atoms with van der Waals surface area (Å²) in [6.07, 6.45) is 3.86. The minimum atomic E-state index is -0.724. The highest BCUT2D eigenvalue weighted by Gasteiger charge is 2.29. The SMILES string of the molecule is CC(CC(CN)CC(=O)O)C1CC1. The molecule has 0 aliphatic heterocycles. The second-order valence-electron chi connectivity index (χ2n) is 4.25. The summed E-state index contributed by atoms with van der Waals surface area (Å²) in [7, 11) is 0. The summed E-state index contributed by atoms with van der Waals surface area (Å²) >= 11 is 0. The Hall–Kier alpha value is -0.570. The lowest BCUT2D eigenvalue weighted by Crippen LogP contribution is -2.20. The number of hydrogen-bond acceptors (Lipinski definition) is 2. The monoisotopic (exact) mass is 185 g/mol. The summed E-state index contributed by atoms with van der Waals surface area (Å²) in [4.78, 5) is 10.5. The molecule has 3 N–H and O–H groups in total. The number of rotatable bonds is 6. The largest absolute Gasteiger partial charge is 0.481 e. The van der Waals surface area contributed by atoms with Crippen LogP contribution in [0.1, 0.15) is 32.6 Å². The maximum Gasteiger partial charge on any atom is 0.303 e. The van der Waals surface area contributed by atoms with Gasteiger partial charge >= 0.3 is 5.97 Å². The Labute approximate surface area is 79.3 Å². The van der Waals surface area contributed by atoms with Crippen molar-refractivity contribution in [3.05, 3.63) is 0 Å². The molecule has 1 aliphatic carbocycles. The third-order valence-electron chi connectivity index (χ3n) is 2.93. The van der Waals surface area contributed by atoms with Crippen LogP contribution >= 0.6 is 0 Å². The molecule has 2 atom stereocenters. The average molecular weight is 185 g/mol. The summed E-state index contributed by atoms with van der Waals surface area (Å²) in [6.45, 7) is 2.71. The Morgan fingerprint density at radius 3 is 2.62 bits per heavy atom. The van der Waals surface area contributed by atoms with E-state index in [1.54, 1.807) is 0 Å². The van der Waals surface area contributed by atoms with Gasteiger partial charge in [0.15, 0.2) is 0 Å². The lowest BCUT2D eigenvalue weighted by Gasteiger charge is -2.17. The summed E-state index contributed by atoms with van der Waals surface area (Å²) in [5, 5.41) is 8.63. The Morgan fingerprint density at radius 2 is 2.23 bits per heavy atom. The smallest absolute Gasteiger partial charge is 0.303 e. The number of nitrogens with two attached hydrogens (primary N) is 1. The van der Waals surface area contributed by atoms with E-state index < -0.39 is 5.97 Å². The summed E-state index contributed by atoms with van der Waals surface area (Å²) < 4.78 is 0. The predicted octanol–water partition coefficient (Wildman–Crippen LogP) is 1.47. The molecule has 1 fully saturated rings. The molecule has 0 aromatic carbocycles. The Morgan fingerprint density at radius 1 is 1.62 bits per heavy atom. The number of aliphatic carboxylic acids is 1. The van der Waals surface area contributed by atoms with Gasteiger partial charge in [0, 0.05) is 6.42 Å². The van der Waals surface area contributed by atoms with Crippen molar-refractivity contribution < 1.29 is 9.90 Å². The van der Waals surface area contributed by atoms with E-state index in [9.17, 15) is 4.79 Å². The fourth-order valence-corrected chi connectivity index (χ4v) is 1.89. The van der Waals surface area contributed by atoms with Crippen molar-refractivity contribution in [2.45, 2.75) is 32.6 Å².